The molecular formula is C12H26O2. The third kappa shape index (κ3) is 3.97. The fourth-order valence-electron chi connectivity index (χ4n) is 1.81. The van der Waals surface area contributed by atoms with Crippen LogP contribution in [0.3, 0.4) is 0 Å². The average molecular weight is 202 g/mol. The minimum absolute atomic E-state index is 0.221. The zero-order chi connectivity index (χ0) is 11.2. The summed E-state index contributed by atoms with van der Waals surface area (Å²) in [4.78, 5) is 0. The van der Waals surface area contributed by atoms with Gasteiger partial charge in [-0.25, -0.2) is 0 Å². The largest absolute Gasteiger partial charge is 0.396 e. The summed E-state index contributed by atoms with van der Waals surface area (Å²) in [6, 6.07) is 0. The van der Waals surface area contributed by atoms with Crippen LogP contribution in [0.15, 0.2) is 0 Å². The van der Waals surface area contributed by atoms with E-state index >= 15 is 0 Å². The van der Waals surface area contributed by atoms with Gasteiger partial charge in [0.1, 0.15) is 0 Å². The number of hydrogen-bond acceptors (Lipinski definition) is 2. The van der Waals surface area contributed by atoms with Crippen molar-refractivity contribution < 1.29 is 10.2 Å². The molecule has 14 heavy (non-hydrogen) atoms. The van der Waals surface area contributed by atoms with Crippen molar-refractivity contribution in [3.8, 4) is 0 Å². The van der Waals surface area contributed by atoms with E-state index in [4.69, 9.17) is 10.2 Å². The number of rotatable bonds is 6. The van der Waals surface area contributed by atoms with Crippen molar-refractivity contribution in [1.29, 1.82) is 0 Å². The van der Waals surface area contributed by atoms with Crippen LogP contribution in [0.1, 0.15) is 53.4 Å². The van der Waals surface area contributed by atoms with Crippen molar-refractivity contribution >= 4 is 0 Å². The lowest BCUT2D eigenvalue weighted by Crippen LogP contribution is -2.33. The normalized spacial score (nSPS) is 13.3. The van der Waals surface area contributed by atoms with E-state index in [1.807, 2.05) is 0 Å². The van der Waals surface area contributed by atoms with Crippen LogP contribution < -0.4 is 0 Å². The molecule has 0 aromatic heterocycles. The highest BCUT2D eigenvalue weighted by Gasteiger charge is 2.35. The first-order valence-electron chi connectivity index (χ1n) is 5.59. The third-order valence-corrected chi connectivity index (χ3v) is 3.58. The molecule has 86 valence electrons. The van der Waals surface area contributed by atoms with Gasteiger partial charge in [0, 0.05) is 13.2 Å². The lowest BCUT2D eigenvalue weighted by Gasteiger charge is -2.42. The number of hydrogen-bond donors (Lipinski definition) is 2. The molecule has 0 bridgehead atoms. The molecule has 0 saturated heterocycles. The van der Waals surface area contributed by atoms with Crippen LogP contribution in [0.5, 0.6) is 0 Å². The maximum atomic E-state index is 8.87. The van der Waals surface area contributed by atoms with E-state index in [1.165, 1.54) is 0 Å². The highest BCUT2D eigenvalue weighted by molar-refractivity contribution is 4.86. The summed E-state index contributed by atoms with van der Waals surface area (Å²) in [5.41, 5.74) is 0.454. The first-order chi connectivity index (χ1) is 6.37. The summed E-state index contributed by atoms with van der Waals surface area (Å²) in [5, 5.41) is 17.7. The Balaban J connectivity index is 4.33. The zero-order valence-electron chi connectivity index (χ0n) is 10.1. The first-order valence-corrected chi connectivity index (χ1v) is 5.59. The molecule has 0 aliphatic heterocycles. The topological polar surface area (TPSA) is 40.5 Å². The van der Waals surface area contributed by atoms with Crippen LogP contribution in [0.25, 0.3) is 0 Å². The fraction of sp³-hybridized carbons (Fsp3) is 1.00. The van der Waals surface area contributed by atoms with Crippen molar-refractivity contribution in [3.05, 3.63) is 0 Å². The molecular weight excluding hydrogens is 176 g/mol. The van der Waals surface area contributed by atoms with Gasteiger partial charge in [-0.15, -0.1) is 0 Å². The summed E-state index contributed by atoms with van der Waals surface area (Å²) in [6.07, 6.45) is 3.79. The van der Waals surface area contributed by atoms with Crippen LogP contribution in [-0.4, -0.2) is 23.4 Å². The highest BCUT2D eigenvalue weighted by atomic mass is 16.3. The second-order valence-electron chi connectivity index (χ2n) is 5.46. The Hall–Kier alpha value is -0.0800. The lowest BCUT2D eigenvalue weighted by atomic mass is 9.63. The van der Waals surface area contributed by atoms with E-state index in [0.29, 0.717) is 0 Å². The molecule has 0 fully saturated rings. The minimum atomic E-state index is 0.221. The number of aliphatic hydroxyl groups is 2. The Kier molecular flexibility index (Phi) is 5.68. The van der Waals surface area contributed by atoms with E-state index < -0.39 is 0 Å². The molecule has 0 spiro atoms. The second-order valence-corrected chi connectivity index (χ2v) is 5.46. The molecule has 0 atom stereocenters. The molecule has 0 amide bonds. The van der Waals surface area contributed by atoms with Gasteiger partial charge in [-0.3, -0.25) is 0 Å². The van der Waals surface area contributed by atoms with Gasteiger partial charge in [0.05, 0.1) is 0 Å². The molecule has 2 heteroatoms. The van der Waals surface area contributed by atoms with Crippen molar-refractivity contribution in [2.75, 3.05) is 13.2 Å². The van der Waals surface area contributed by atoms with Gasteiger partial charge in [-0.2, -0.15) is 0 Å². The van der Waals surface area contributed by atoms with Gasteiger partial charge in [-0.1, -0.05) is 27.7 Å². The molecule has 0 aliphatic carbocycles. The van der Waals surface area contributed by atoms with E-state index in [0.717, 1.165) is 25.7 Å². The maximum Gasteiger partial charge on any atom is 0.0431 e. The zero-order valence-corrected chi connectivity index (χ0v) is 10.1. The Bertz CT molecular complexity index is 139. The molecule has 2 N–H and O–H groups in total. The standard InChI is InChI=1S/C12H26O2/c1-11(2,3)12(4,7-5-9-13)8-6-10-14/h13-14H,5-10H2,1-4H3. The van der Waals surface area contributed by atoms with Crippen LogP contribution in [0.4, 0.5) is 0 Å². The van der Waals surface area contributed by atoms with E-state index in [2.05, 4.69) is 27.7 Å². The predicted molar refractivity (Wildman–Crippen MR) is 60.2 cm³/mol. The summed E-state index contributed by atoms with van der Waals surface area (Å²) in [7, 11) is 0. The number of aliphatic hydroxyl groups excluding tert-OH is 2. The van der Waals surface area contributed by atoms with Crippen molar-refractivity contribution in [2.24, 2.45) is 10.8 Å². The van der Waals surface area contributed by atoms with Crippen LogP contribution >= 0.6 is 0 Å². The Morgan fingerprint density at radius 3 is 1.36 bits per heavy atom. The quantitative estimate of drug-likeness (QED) is 0.695. The van der Waals surface area contributed by atoms with Crippen LogP contribution in [0, 0.1) is 10.8 Å². The fourth-order valence-corrected chi connectivity index (χ4v) is 1.81. The summed E-state index contributed by atoms with van der Waals surface area (Å²) < 4.78 is 0. The van der Waals surface area contributed by atoms with Gasteiger partial charge >= 0.3 is 0 Å². The lowest BCUT2D eigenvalue weighted by molar-refractivity contribution is 0.0661. The maximum absolute atomic E-state index is 8.87. The van der Waals surface area contributed by atoms with Crippen LogP contribution in [0.2, 0.25) is 0 Å². The van der Waals surface area contributed by atoms with Crippen molar-refractivity contribution in [3.63, 3.8) is 0 Å². The molecule has 2 nitrogen and oxygen atoms in total. The van der Waals surface area contributed by atoms with Gasteiger partial charge < -0.3 is 10.2 Å². The van der Waals surface area contributed by atoms with Gasteiger partial charge in [0.25, 0.3) is 0 Å². The Morgan fingerprint density at radius 1 is 0.786 bits per heavy atom. The minimum Gasteiger partial charge on any atom is -0.396 e. The molecule has 0 unspecified atom stereocenters. The van der Waals surface area contributed by atoms with E-state index in [9.17, 15) is 0 Å². The summed E-state index contributed by atoms with van der Waals surface area (Å²) >= 11 is 0. The van der Waals surface area contributed by atoms with E-state index in [-0.39, 0.29) is 24.0 Å². The van der Waals surface area contributed by atoms with Crippen LogP contribution in [-0.2, 0) is 0 Å². The molecule has 0 aliphatic rings. The van der Waals surface area contributed by atoms with Gasteiger partial charge in [0.2, 0.25) is 0 Å². The van der Waals surface area contributed by atoms with Crippen molar-refractivity contribution in [2.45, 2.75) is 53.4 Å². The Morgan fingerprint density at radius 2 is 1.14 bits per heavy atom. The third-order valence-electron chi connectivity index (χ3n) is 3.58. The molecule has 0 aromatic rings. The monoisotopic (exact) mass is 202 g/mol. The molecule has 0 radical (unpaired) electrons. The first kappa shape index (κ1) is 13.9. The molecule has 0 rings (SSSR count). The summed E-state index contributed by atoms with van der Waals surface area (Å²) in [6.45, 7) is 9.51. The molecule has 0 heterocycles. The Labute approximate surface area is 88.3 Å². The SMILES string of the molecule is CC(C)(C)C(C)(CCCO)CCCO. The van der Waals surface area contributed by atoms with Gasteiger partial charge in [-0.05, 0) is 36.5 Å². The summed E-state index contributed by atoms with van der Waals surface area (Å²) in [5.74, 6) is 0. The molecule has 0 aromatic carbocycles. The second kappa shape index (κ2) is 5.72. The van der Waals surface area contributed by atoms with E-state index in [1.54, 1.807) is 0 Å². The van der Waals surface area contributed by atoms with Crippen molar-refractivity contribution in [1.82, 2.24) is 0 Å². The van der Waals surface area contributed by atoms with Gasteiger partial charge in [0.15, 0.2) is 0 Å². The predicted octanol–water partition coefficient (Wildman–Crippen LogP) is 2.58. The highest BCUT2D eigenvalue weighted by Crippen LogP contribution is 2.45. The molecule has 0 saturated carbocycles. The average Bonchev–Trinajstić information content (AvgIpc) is 2.09. The smallest absolute Gasteiger partial charge is 0.0431 e.